The fraction of sp³-hybridized carbons (Fsp3) is 0.706. The van der Waals surface area contributed by atoms with Crippen molar-refractivity contribution in [1.82, 2.24) is 14.4 Å². The van der Waals surface area contributed by atoms with E-state index < -0.39 is 15.6 Å². The lowest BCUT2D eigenvalue weighted by molar-refractivity contribution is -0.139. The second kappa shape index (κ2) is 7.40. The van der Waals surface area contributed by atoms with Crippen molar-refractivity contribution >= 4 is 10.0 Å². The Labute approximate surface area is 154 Å². The van der Waals surface area contributed by atoms with Crippen LogP contribution in [0.2, 0.25) is 0 Å². The van der Waals surface area contributed by atoms with Gasteiger partial charge in [0, 0.05) is 25.6 Å². The molecule has 4 rings (SSSR count). The molecule has 1 aromatic heterocycles. The van der Waals surface area contributed by atoms with Gasteiger partial charge in [0.2, 0.25) is 5.88 Å². The van der Waals surface area contributed by atoms with Crippen LogP contribution in [-0.4, -0.2) is 74.4 Å². The molecule has 0 aromatic carbocycles. The van der Waals surface area contributed by atoms with Crippen LogP contribution in [0.5, 0.6) is 5.88 Å². The summed E-state index contributed by atoms with van der Waals surface area (Å²) in [5, 5.41) is 0. The van der Waals surface area contributed by atoms with Crippen LogP contribution in [0.15, 0.2) is 23.2 Å². The molecule has 0 saturated carbocycles. The van der Waals surface area contributed by atoms with Gasteiger partial charge in [0.1, 0.15) is 10.5 Å². The van der Waals surface area contributed by atoms with Crippen LogP contribution in [0.4, 0.5) is 0 Å². The van der Waals surface area contributed by atoms with Crippen molar-refractivity contribution in [1.29, 1.82) is 0 Å². The molecular formula is C17H25N3O5S. The number of pyridine rings is 1. The highest BCUT2D eigenvalue weighted by Gasteiger charge is 2.46. The van der Waals surface area contributed by atoms with Crippen molar-refractivity contribution in [2.45, 2.75) is 36.2 Å². The Bertz CT molecular complexity index is 730. The molecule has 0 aliphatic carbocycles. The third kappa shape index (κ3) is 3.59. The van der Waals surface area contributed by atoms with E-state index in [9.17, 15) is 8.42 Å². The lowest BCUT2D eigenvalue weighted by Gasteiger charge is -2.37. The van der Waals surface area contributed by atoms with Crippen LogP contribution in [0.3, 0.4) is 0 Å². The highest BCUT2D eigenvalue weighted by molar-refractivity contribution is 7.89. The Morgan fingerprint density at radius 1 is 1.23 bits per heavy atom. The average molecular weight is 383 g/mol. The molecule has 144 valence electrons. The minimum Gasteiger partial charge on any atom is -0.468 e. The minimum atomic E-state index is -3.83. The number of hydrogen-bond donors (Lipinski definition) is 0. The van der Waals surface area contributed by atoms with Gasteiger partial charge in [-0.2, -0.15) is 0 Å². The number of likely N-dealkylation sites (tertiary alicyclic amines) is 1. The van der Waals surface area contributed by atoms with Gasteiger partial charge in [-0.15, -0.1) is 0 Å². The maximum absolute atomic E-state index is 13.1. The predicted octanol–water partition coefficient (Wildman–Crippen LogP) is 1.04. The fourth-order valence-electron chi connectivity index (χ4n) is 3.71. The molecule has 0 unspecified atom stereocenters. The highest BCUT2D eigenvalue weighted by Crippen LogP contribution is 2.37. The van der Waals surface area contributed by atoms with Gasteiger partial charge >= 0.3 is 0 Å². The Hall–Kier alpha value is -1.26. The Balaban J connectivity index is 1.58. The monoisotopic (exact) mass is 383 g/mol. The zero-order valence-electron chi connectivity index (χ0n) is 14.8. The maximum Gasteiger partial charge on any atom is 0.270 e. The zero-order valence-corrected chi connectivity index (χ0v) is 15.6. The standard InChI is InChI=1S/C17H25N3O5S/c21-26(22)15-4-3-7-18-16(15)25-17(5-11-23-12-6-17)14-20(26)24-13-10-19-8-1-2-9-19/h3-4,7H,1-2,5-6,8-14H2. The summed E-state index contributed by atoms with van der Waals surface area (Å²) in [7, 11) is -3.83. The lowest BCUT2D eigenvalue weighted by Crippen LogP contribution is -2.51. The molecule has 0 amide bonds. The Kier molecular flexibility index (Phi) is 5.15. The van der Waals surface area contributed by atoms with E-state index in [1.807, 2.05) is 0 Å². The number of ether oxygens (including phenoxy) is 2. The first kappa shape index (κ1) is 18.1. The van der Waals surface area contributed by atoms with Crippen molar-refractivity contribution in [2.75, 3.05) is 46.0 Å². The molecule has 8 nitrogen and oxygen atoms in total. The van der Waals surface area contributed by atoms with Gasteiger partial charge in [0.15, 0.2) is 0 Å². The van der Waals surface area contributed by atoms with Crippen LogP contribution in [0.1, 0.15) is 25.7 Å². The average Bonchev–Trinajstić information content (AvgIpc) is 3.12. The van der Waals surface area contributed by atoms with Crippen LogP contribution < -0.4 is 4.74 Å². The number of hydroxylamine groups is 1. The van der Waals surface area contributed by atoms with Gasteiger partial charge in [-0.25, -0.2) is 13.4 Å². The first-order chi connectivity index (χ1) is 12.6. The number of nitrogens with zero attached hydrogens (tertiary/aromatic N) is 3. The molecule has 9 heteroatoms. The molecule has 1 spiro atoms. The van der Waals surface area contributed by atoms with E-state index in [4.69, 9.17) is 14.3 Å². The summed E-state index contributed by atoms with van der Waals surface area (Å²) >= 11 is 0. The van der Waals surface area contributed by atoms with Crippen LogP contribution in [-0.2, 0) is 19.6 Å². The summed E-state index contributed by atoms with van der Waals surface area (Å²) in [5.41, 5.74) is -0.668. The van der Waals surface area contributed by atoms with Crippen molar-refractivity contribution in [3.8, 4) is 5.88 Å². The van der Waals surface area contributed by atoms with Crippen LogP contribution >= 0.6 is 0 Å². The quantitative estimate of drug-likeness (QED) is 0.768. The molecule has 0 radical (unpaired) electrons. The molecule has 1 aromatic rings. The summed E-state index contributed by atoms with van der Waals surface area (Å²) in [5.74, 6) is 0.153. The minimum absolute atomic E-state index is 0.0598. The van der Waals surface area contributed by atoms with Gasteiger partial charge in [0.05, 0.1) is 26.4 Å². The summed E-state index contributed by atoms with van der Waals surface area (Å²) < 4.78 is 38.9. The molecular weight excluding hydrogens is 358 g/mol. The van der Waals surface area contributed by atoms with E-state index in [0.29, 0.717) is 32.7 Å². The lowest BCUT2D eigenvalue weighted by atomic mass is 9.94. The Morgan fingerprint density at radius 3 is 2.77 bits per heavy atom. The summed E-state index contributed by atoms with van der Waals surface area (Å²) in [4.78, 5) is 12.3. The largest absolute Gasteiger partial charge is 0.468 e. The summed E-state index contributed by atoms with van der Waals surface area (Å²) in [6, 6.07) is 3.12. The summed E-state index contributed by atoms with van der Waals surface area (Å²) in [6.45, 7) is 4.37. The number of aromatic nitrogens is 1. The van der Waals surface area contributed by atoms with E-state index in [2.05, 4.69) is 9.88 Å². The van der Waals surface area contributed by atoms with E-state index in [1.165, 1.54) is 18.9 Å². The van der Waals surface area contributed by atoms with Crippen molar-refractivity contribution in [3.05, 3.63) is 18.3 Å². The van der Waals surface area contributed by atoms with E-state index in [0.717, 1.165) is 24.1 Å². The Morgan fingerprint density at radius 2 is 2.00 bits per heavy atom. The second-order valence-electron chi connectivity index (χ2n) is 7.05. The molecule has 0 atom stereocenters. The molecule has 2 saturated heterocycles. The second-order valence-corrected chi connectivity index (χ2v) is 8.85. The zero-order chi connectivity index (χ0) is 18.0. The van der Waals surface area contributed by atoms with Gasteiger partial charge in [0.25, 0.3) is 10.0 Å². The molecule has 2 fully saturated rings. The topological polar surface area (TPSA) is 81.2 Å². The number of sulfonamides is 1. The smallest absolute Gasteiger partial charge is 0.270 e. The number of fused-ring (bicyclic) bond motifs is 1. The normalized spacial score (nSPS) is 25.5. The number of hydrogen-bond acceptors (Lipinski definition) is 7. The molecule has 0 bridgehead atoms. The molecule has 26 heavy (non-hydrogen) atoms. The molecule has 0 N–H and O–H groups in total. The third-order valence-corrected chi connectivity index (χ3v) is 6.90. The molecule has 4 heterocycles. The highest BCUT2D eigenvalue weighted by atomic mass is 32.2. The first-order valence-electron chi connectivity index (χ1n) is 9.19. The van der Waals surface area contributed by atoms with Crippen LogP contribution in [0, 0.1) is 0 Å². The van der Waals surface area contributed by atoms with Crippen molar-refractivity contribution in [3.63, 3.8) is 0 Å². The van der Waals surface area contributed by atoms with E-state index in [-0.39, 0.29) is 17.3 Å². The SMILES string of the molecule is O=S1(=O)c2cccnc2OC2(CCOCC2)CN1OCCN1CCCC1. The van der Waals surface area contributed by atoms with Gasteiger partial charge in [-0.3, -0.25) is 4.84 Å². The van der Waals surface area contributed by atoms with Gasteiger partial charge in [-0.05, 0) is 38.1 Å². The predicted molar refractivity (Wildman–Crippen MR) is 93.2 cm³/mol. The van der Waals surface area contributed by atoms with Crippen molar-refractivity contribution < 1.29 is 22.7 Å². The van der Waals surface area contributed by atoms with Crippen molar-refractivity contribution in [2.24, 2.45) is 0 Å². The molecule has 3 aliphatic rings. The summed E-state index contributed by atoms with van der Waals surface area (Å²) in [6.07, 6.45) is 5.14. The van der Waals surface area contributed by atoms with Gasteiger partial charge in [-0.1, -0.05) is 4.47 Å². The third-order valence-electron chi connectivity index (χ3n) is 5.26. The number of rotatable bonds is 4. The first-order valence-corrected chi connectivity index (χ1v) is 10.6. The maximum atomic E-state index is 13.1. The van der Waals surface area contributed by atoms with E-state index in [1.54, 1.807) is 12.3 Å². The van der Waals surface area contributed by atoms with Crippen LogP contribution in [0.25, 0.3) is 0 Å². The molecule has 3 aliphatic heterocycles. The fourth-order valence-corrected chi connectivity index (χ4v) is 5.12. The van der Waals surface area contributed by atoms with Gasteiger partial charge < -0.3 is 14.4 Å². The van der Waals surface area contributed by atoms with E-state index >= 15 is 0 Å².